The Kier molecular flexibility index (Phi) is 8.18. The van der Waals surface area contributed by atoms with Gasteiger partial charge in [0.2, 0.25) is 0 Å². The third kappa shape index (κ3) is 7.10. The van der Waals surface area contributed by atoms with Gasteiger partial charge in [-0.25, -0.2) is 9.98 Å². The van der Waals surface area contributed by atoms with Gasteiger partial charge in [-0.1, -0.05) is 26.0 Å². The van der Waals surface area contributed by atoms with Gasteiger partial charge in [0.05, 0.1) is 5.69 Å². The molecule has 26 heavy (non-hydrogen) atoms. The second-order valence-electron chi connectivity index (χ2n) is 5.76. The van der Waals surface area contributed by atoms with Crippen LogP contribution in [-0.4, -0.2) is 21.9 Å². The lowest BCUT2D eigenvalue weighted by atomic mass is 10.2. The molecule has 0 radical (unpaired) electrons. The Labute approximate surface area is 166 Å². The molecular weight excluding hydrogens is 462 g/mol. The highest BCUT2D eigenvalue weighted by Crippen LogP contribution is 2.29. The molecule has 1 aromatic heterocycles. The van der Waals surface area contributed by atoms with Gasteiger partial charge in [-0.2, -0.15) is 0 Å². The zero-order valence-corrected chi connectivity index (χ0v) is 16.7. The second-order valence-corrected chi connectivity index (χ2v) is 5.76. The number of halogens is 4. The van der Waals surface area contributed by atoms with E-state index in [4.69, 9.17) is 5.73 Å². The highest BCUT2D eigenvalue weighted by Gasteiger charge is 2.32. The Balaban J connectivity index is 0.00000338. The van der Waals surface area contributed by atoms with E-state index in [-0.39, 0.29) is 47.9 Å². The van der Waals surface area contributed by atoms with Crippen molar-refractivity contribution in [3.8, 4) is 5.75 Å². The molecule has 0 fully saturated rings. The van der Waals surface area contributed by atoms with Crippen LogP contribution in [0, 0.1) is 5.92 Å². The summed E-state index contributed by atoms with van der Waals surface area (Å²) in [5.74, 6) is 0.754. The van der Waals surface area contributed by atoms with Crippen molar-refractivity contribution >= 4 is 35.6 Å². The maximum absolute atomic E-state index is 12.4. The molecule has 0 amide bonds. The number of guanidine groups is 1. The normalized spacial score (nSPS) is 12.0. The number of ether oxygens (including phenoxy) is 1. The zero-order valence-electron chi connectivity index (χ0n) is 14.3. The average molecular weight is 483 g/mol. The molecule has 0 atom stereocenters. The summed E-state index contributed by atoms with van der Waals surface area (Å²) in [5.41, 5.74) is 5.85. The van der Waals surface area contributed by atoms with E-state index in [1.807, 2.05) is 10.8 Å². The lowest BCUT2D eigenvalue weighted by molar-refractivity contribution is -0.274. The first kappa shape index (κ1) is 22.1. The summed E-state index contributed by atoms with van der Waals surface area (Å²) in [6, 6.07) is 5.61. The molecule has 0 unspecified atom stereocenters. The summed E-state index contributed by atoms with van der Waals surface area (Å²) >= 11 is 0. The van der Waals surface area contributed by atoms with Crippen LogP contribution in [0.5, 0.6) is 5.75 Å². The standard InChI is InChI=1S/C16H20F3N5O.HI/c1-11(2)10-24-8-7-21-14(24)9-22-15(20)23-12-5-3-4-6-13(12)25-16(17,18)19;/h3-8,11H,9-10H2,1-2H3,(H3,20,22,23);1H. The van der Waals surface area contributed by atoms with Crippen LogP contribution in [0.3, 0.4) is 0 Å². The first-order valence-corrected chi connectivity index (χ1v) is 7.66. The van der Waals surface area contributed by atoms with Crippen LogP contribution >= 0.6 is 24.0 Å². The highest BCUT2D eigenvalue weighted by molar-refractivity contribution is 14.0. The molecule has 0 saturated heterocycles. The SMILES string of the molecule is CC(C)Cn1ccnc1CN=C(N)Nc1ccccc1OC(F)(F)F.I. The number of hydrogen-bond acceptors (Lipinski definition) is 3. The van der Waals surface area contributed by atoms with E-state index in [2.05, 4.69) is 33.9 Å². The van der Waals surface area contributed by atoms with E-state index < -0.39 is 6.36 Å². The summed E-state index contributed by atoms with van der Waals surface area (Å²) in [6.45, 7) is 5.17. The number of nitrogens with two attached hydrogens (primary N) is 1. The summed E-state index contributed by atoms with van der Waals surface area (Å²) < 4.78 is 43.2. The highest BCUT2D eigenvalue weighted by atomic mass is 127. The summed E-state index contributed by atoms with van der Waals surface area (Å²) in [6.07, 6.45) is -1.27. The topological polar surface area (TPSA) is 77.5 Å². The number of alkyl halides is 3. The number of rotatable bonds is 6. The van der Waals surface area contributed by atoms with Crippen molar-refractivity contribution in [2.45, 2.75) is 33.3 Å². The minimum Gasteiger partial charge on any atom is -0.404 e. The largest absolute Gasteiger partial charge is 0.573 e. The second kappa shape index (κ2) is 9.64. The van der Waals surface area contributed by atoms with Gasteiger partial charge >= 0.3 is 6.36 Å². The van der Waals surface area contributed by atoms with E-state index in [1.54, 1.807) is 12.3 Å². The van der Waals surface area contributed by atoms with Gasteiger partial charge in [0.25, 0.3) is 0 Å². The van der Waals surface area contributed by atoms with Gasteiger partial charge in [0.1, 0.15) is 12.4 Å². The number of para-hydroxylation sites is 2. The van der Waals surface area contributed by atoms with Gasteiger partial charge in [-0.05, 0) is 18.1 Å². The first-order valence-electron chi connectivity index (χ1n) is 7.66. The molecular formula is C16H21F3IN5O. The number of hydrogen-bond donors (Lipinski definition) is 2. The Bertz CT molecular complexity index is 731. The fourth-order valence-corrected chi connectivity index (χ4v) is 2.17. The number of aliphatic imine (C=N–C) groups is 1. The Morgan fingerprint density at radius 3 is 2.69 bits per heavy atom. The van der Waals surface area contributed by atoms with Crippen molar-refractivity contribution in [3.63, 3.8) is 0 Å². The van der Waals surface area contributed by atoms with Crippen molar-refractivity contribution in [2.24, 2.45) is 16.6 Å². The molecule has 2 rings (SSSR count). The number of nitrogens with zero attached hydrogens (tertiary/aromatic N) is 3. The predicted octanol–water partition coefficient (Wildman–Crippen LogP) is 3.98. The molecule has 1 heterocycles. The van der Waals surface area contributed by atoms with E-state index in [9.17, 15) is 13.2 Å². The minimum atomic E-state index is -4.79. The lowest BCUT2D eigenvalue weighted by Gasteiger charge is -2.14. The van der Waals surface area contributed by atoms with Crippen LogP contribution in [0.2, 0.25) is 0 Å². The Morgan fingerprint density at radius 2 is 2.04 bits per heavy atom. The number of benzene rings is 1. The molecule has 0 spiro atoms. The quantitative estimate of drug-likeness (QED) is 0.370. The smallest absolute Gasteiger partial charge is 0.404 e. The van der Waals surface area contributed by atoms with Crippen molar-refractivity contribution in [1.29, 1.82) is 0 Å². The Morgan fingerprint density at radius 1 is 1.35 bits per heavy atom. The van der Waals surface area contributed by atoms with E-state index in [0.29, 0.717) is 5.92 Å². The third-order valence-electron chi connectivity index (χ3n) is 3.13. The lowest BCUT2D eigenvalue weighted by Crippen LogP contribution is -2.24. The van der Waals surface area contributed by atoms with E-state index in [1.165, 1.54) is 18.2 Å². The molecule has 6 nitrogen and oxygen atoms in total. The van der Waals surface area contributed by atoms with Crippen molar-refractivity contribution in [3.05, 3.63) is 42.5 Å². The number of anilines is 1. The van der Waals surface area contributed by atoms with Crippen LogP contribution < -0.4 is 15.8 Å². The molecule has 2 aromatic rings. The van der Waals surface area contributed by atoms with Crippen LogP contribution in [0.25, 0.3) is 0 Å². The molecule has 0 aliphatic heterocycles. The van der Waals surface area contributed by atoms with E-state index >= 15 is 0 Å². The molecule has 0 bridgehead atoms. The summed E-state index contributed by atoms with van der Waals surface area (Å²) in [4.78, 5) is 8.34. The van der Waals surface area contributed by atoms with Crippen molar-refractivity contribution in [1.82, 2.24) is 9.55 Å². The fraction of sp³-hybridized carbons (Fsp3) is 0.375. The summed E-state index contributed by atoms with van der Waals surface area (Å²) in [5, 5.41) is 2.62. The van der Waals surface area contributed by atoms with Gasteiger partial charge in [0.15, 0.2) is 11.7 Å². The van der Waals surface area contributed by atoms with Gasteiger partial charge in [-0.15, -0.1) is 37.1 Å². The monoisotopic (exact) mass is 483 g/mol. The van der Waals surface area contributed by atoms with Crippen molar-refractivity contribution < 1.29 is 17.9 Å². The average Bonchev–Trinajstić information content (AvgIpc) is 2.92. The zero-order chi connectivity index (χ0) is 18.4. The molecule has 0 saturated carbocycles. The predicted molar refractivity (Wildman–Crippen MR) is 105 cm³/mol. The van der Waals surface area contributed by atoms with Gasteiger partial charge < -0.3 is 20.4 Å². The molecule has 3 N–H and O–H groups in total. The maximum Gasteiger partial charge on any atom is 0.573 e. The molecule has 144 valence electrons. The van der Waals surface area contributed by atoms with Crippen molar-refractivity contribution in [2.75, 3.05) is 5.32 Å². The Hall–Kier alpha value is -1.98. The van der Waals surface area contributed by atoms with Crippen LogP contribution in [0.15, 0.2) is 41.7 Å². The fourth-order valence-electron chi connectivity index (χ4n) is 2.17. The number of nitrogens with one attached hydrogen (secondary N) is 1. The first-order chi connectivity index (χ1) is 11.7. The van der Waals surface area contributed by atoms with Crippen LogP contribution in [0.1, 0.15) is 19.7 Å². The van der Waals surface area contributed by atoms with Crippen LogP contribution in [-0.2, 0) is 13.1 Å². The maximum atomic E-state index is 12.4. The molecule has 0 aliphatic carbocycles. The number of aromatic nitrogens is 2. The van der Waals surface area contributed by atoms with E-state index in [0.717, 1.165) is 12.4 Å². The van der Waals surface area contributed by atoms with Crippen LogP contribution in [0.4, 0.5) is 18.9 Å². The van der Waals surface area contributed by atoms with Gasteiger partial charge in [-0.3, -0.25) is 0 Å². The molecule has 1 aromatic carbocycles. The third-order valence-corrected chi connectivity index (χ3v) is 3.13. The molecule has 10 heteroatoms. The molecule has 0 aliphatic rings. The number of imidazole rings is 1. The minimum absolute atomic E-state index is 0. The van der Waals surface area contributed by atoms with Gasteiger partial charge in [0, 0.05) is 18.9 Å². The summed E-state index contributed by atoms with van der Waals surface area (Å²) in [7, 11) is 0.